The Kier molecular flexibility index (Phi) is 5.37. The summed E-state index contributed by atoms with van der Waals surface area (Å²) in [6.45, 7) is 6.35. The molecule has 1 aromatic heterocycles. The van der Waals surface area contributed by atoms with E-state index in [1.165, 1.54) is 0 Å². The van der Waals surface area contributed by atoms with Gasteiger partial charge in [0.2, 0.25) is 0 Å². The van der Waals surface area contributed by atoms with Gasteiger partial charge in [-0.25, -0.2) is 4.68 Å². The number of anilines is 1. The number of benzene rings is 2. The van der Waals surface area contributed by atoms with Crippen LogP contribution in [0.15, 0.2) is 60.8 Å². The first-order valence-corrected chi connectivity index (χ1v) is 8.64. The number of nitrogens with zero attached hydrogens (tertiary/aromatic N) is 2. The Hall–Kier alpha value is -3.08. The van der Waals surface area contributed by atoms with E-state index in [1.807, 2.05) is 62.4 Å². The zero-order valence-electron chi connectivity index (χ0n) is 15.3. The van der Waals surface area contributed by atoms with E-state index in [1.54, 1.807) is 23.9 Å². The lowest BCUT2D eigenvalue weighted by molar-refractivity contribution is -0.122. The van der Waals surface area contributed by atoms with Crippen LogP contribution in [0.25, 0.3) is 0 Å². The van der Waals surface area contributed by atoms with Gasteiger partial charge in [0, 0.05) is 6.07 Å². The number of ether oxygens (including phenoxy) is 1. The molecule has 0 spiro atoms. The molecule has 0 aliphatic carbocycles. The molecule has 1 amide bonds. The van der Waals surface area contributed by atoms with Crippen molar-refractivity contribution in [2.75, 3.05) is 5.32 Å². The molecule has 0 fully saturated rings. The van der Waals surface area contributed by atoms with Crippen LogP contribution >= 0.6 is 0 Å². The Morgan fingerprint density at radius 3 is 2.65 bits per heavy atom. The van der Waals surface area contributed by atoms with Crippen molar-refractivity contribution in [2.24, 2.45) is 0 Å². The fourth-order valence-corrected chi connectivity index (χ4v) is 2.64. The normalized spacial score (nSPS) is 11.8. The minimum absolute atomic E-state index is 0.208. The van der Waals surface area contributed by atoms with E-state index >= 15 is 0 Å². The van der Waals surface area contributed by atoms with Crippen molar-refractivity contribution in [3.8, 4) is 5.75 Å². The average molecular weight is 349 g/mol. The topological polar surface area (TPSA) is 56.1 Å². The first-order valence-electron chi connectivity index (χ1n) is 8.64. The summed E-state index contributed by atoms with van der Waals surface area (Å²) in [5.74, 6) is 1.17. The van der Waals surface area contributed by atoms with E-state index in [0.29, 0.717) is 12.4 Å². The molecule has 0 saturated heterocycles. The highest BCUT2D eigenvalue weighted by molar-refractivity contribution is 5.93. The van der Waals surface area contributed by atoms with Crippen molar-refractivity contribution in [2.45, 2.75) is 33.4 Å². The third-order valence-electron chi connectivity index (χ3n) is 4.37. The highest BCUT2D eigenvalue weighted by Gasteiger charge is 2.18. The van der Waals surface area contributed by atoms with E-state index < -0.39 is 6.10 Å². The summed E-state index contributed by atoms with van der Waals surface area (Å²) in [4.78, 5) is 12.5. The van der Waals surface area contributed by atoms with Crippen LogP contribution in [0.2, 0.25) is 0 Å². The molecule has 5 nitrogen and oxygen atoms in total. The van der Waals surface area contributed by atoms with Gasteiger partial charge in [-0.2, -0.15) is 5.10 Å². The summed E-state index contributed by atoms with van der Waals surface area (Å²) in [5.41, 5.74) is 3.30. The van der Waals surface area contributed by atoms with E-state index in [2.05, 4.69) is 10.4 Å². The van der Waals surface area contributed by atoms with Gasteiger partial charge in [0.1, 0.15) is 11.6 Å². The highest BCUT2D eigenvalue weighted by atomic mass is 16.5. The summed E-state index contributed by atoms with van der Waals surface area (Å²) in [5, 5.41) is 7.20. The number of rotatable bonds is 6. The molecule has 2 aromatic carbocycles. The fourth-order valence-electron chi connectivity index (χ4n) is 2.64. The van der Waals surface area contributed by atoms with Crippen molar-refractivity contribution >= 4 is 11.7 Å². The van der Waals surface area contributed by atoms with Crippen LogP contribution < -0.4 is 10.1 Å². The van der Waals surface area contributed by atoms with E-state index in [9.17, 15) is 4.79 Å². The standard InChI is InChI=1S/C21H23N3O2/c1-15-8-7-11-19(16(15)2)26-17(3)21(25)23-20-12-13-22-24(20)14-18-9-5-4-6-10-18/h4-13,17H,14H2,1-3H3,(H,23,25)/t17-/m1/s1. The van der Waals surface area contributed by atoms with Gasteiger partial charge >= 0.3 is 0 Å². The summed E-state index contributed by atoms with van der Waals surface area (Å²) in [7, 11) is 0. The van der Waals surface area contributed by atoms with Gasteiger partial charge in [-0.05, 0) is 43.5 Å². The maximum absolute atomic E-state index is 12.5. The molecule has 3 aromatic rings. The van der Waals surface area contributed by atoms with Gasteiger partial charge in [-0.15, -0.1) is 0 Å². The van der Waals surface area contributed by atoms with Crippen molar-refractivity contribution in [3.63, 3.8) is 0 Å². The van der Waals surface area contributed by atoms with E-state index in [-0.39, 0.29) is 5.91 Å². The zero-order valence-corrected chi connectivity index (χ0v) is 15.3. The minimum Gasteiger partial charge on any atom is -0.481 e. The second-order valence-corrected chi connectivity index (χ2v) is 6.31. The summed E-state index contributed by atoms with van der Waals surface area (Å²) in [6, 6.07) is 17.6. The zero-order chi connectivity index (χ0) is 18.5. The van der Waals surface area contributed by atoms with E-state index in [4.69, 9.17) is 4.74 Å². The minimum atomic E-state index is -0.615. The summed E-state index contributed by atoms with van der Waals surface area (Å²) >= 11 is 0. The molecule has 0 unspecified atom stereocenters. The SMILES string of the molecule is Cc1cccc(O[C@H](C)C(=O)Nc2ccnn2Cc2ccccc2)c1C. The highest BCUT2D eigenvalue weighted by Crippen LogP contribution is 2.22. The van der Waals surface area contributed by atoms with Crippen LogP contribution in [0.5, 0.6) is 5.75 Å². The number of hydrogen-bond donors (Lipinski definition) is 1. The van der Waals surface area contributed by atoms with Gasteiger partial charge in [0.15, 0.2) is 6.10 Å². The third-order valence-corrected chi connectivity index (χ3v) is 4.37. The van der Waals surface area contributed by atoms with Crippen LogP contribution in [0.3, 0.4) is 0 Å². The molecule has 1 atom stereocenters. The molecule has 0 aliphatic heterocycles. The van der Waals surface area contributed by atoms with Crippen LogP contribution in [0, 0.1) is 13.8 Å². The molecule has 0 saturated carbocycles. The second-order valence-electron chi connectivity index (χ2n) is 6.31. The predicted molar refractivity (Wildman–Crippen MR) is 102 cm³/mol. The number of carbonyl (C=O) groups excluding carboxylic acids is 1. The number of amides is 1. The number of aryl methyl sites for hydroxylation is 1. The maximum Gasteiger partial charge on any atom is 0.266 e. The number of nitrogens with one attached hydrogen (secondary N) is 1. The molecule has 0 bridgehead atoms. The first-order chi connectivity index (χ1) is 12.5. The molecular formula is C21H23N3O2. The lowest BCUT2D eigenvalue weighted by Gasteiger charge is -2.17. The molecule has 1 N–H and O–H groups in total. The quantitative estimate of drug-likeness (QED) is 0.733. The fraction of sp³-hybridized carbons (Fsp3) is 0.238. The Labute approximate surface area is 153 Å². The molecule has 0 aliphatic rings. The monoisotopic (exact) mass is 349 g/mol. The van der Waals surface area contributed by atoms with Gasteiger partial charge in [0.05, 0.1) is 12.7 Å². The van der Waals surface area contributed by atoms with Crippen molar-refractivity contribution in [3.05, 3.63) is 77.5 Å². The van der Waals surface area contributed by atoms with Gasteiger partial charge in [-0.1, -0.05) is 42.5 Å². The van der Waals surface area contributed by atoms with Gasteiger partial charge in [-0.3, -0.25) is 4.79 Å². The molecule has 0 radical (unpaired) electrons. The van der Waals surface area contributed by atoms with Gasteiger partial charge < -0.3 is 10.1 Å². The molecule has 134 valence electrons. The Balaban J connectivity index is 1.66. The Morgan fingerprint density at radius 2 is 1.88 bits per heavy atom. The lowest BCUT2D eigenvalue weighted by Crippen LogP contribution is -2.31. The third kappa shape index (κ3) is 4.11. The summed E-state index contributed by atoms with van der Waals surface area (Å²) in [6.07, 6.45) is 1.06. The van der Waals surface area contributed by atoms with Gasteiger partial charge in [0.25, 0.3) is 5.91 Å². The molecule has 26 heavy (non-hydrogen) atoms. The van der Waals surface area contributed by atoms with Crippen LogP contribution in [-0.2, 0) is 11.3 Å². The Morgan fingerprint density at radius 1 is 1.12 bits per heavy atom. The number of aromatic nitrogens is 2. The van der Waals surface area contributed by atoms with Crippen LogP contribution in [-0.4, -0.2) is 21.8 Å². The van der Waals surface area contributed by atoms with Crippen LogP contribution in [0.1, 0.15) is 23.6 Å². The first kappa shape index (κ1) is 17.7. The lowest BCUT2D eigenvalue weighted by atomic mass is 10.1. The number of hydrogen-bond acceptors (Lipinski definition) is 3. The molecule has 1 heterocycles. The molecular weight excluding hydrogens is 326 g/mol. The van der Waals surface area contributed by atoms with Crippen molar-refractivity contribution < 1.29 is 9.53 Å². The predicted octanol–water partition coefficient (Wildman–Crippen LogP) is 3.95. The van der Waals surface area contributed by atoms with E-state index in [0.717, 1.165) is 22.4 Å². The average Bonchev–Trinajstić information content (AvgIpc) is 3.06. The van der Waals surface area contributed by atoms with Crippen molar-refractivity contribution in [1.29, 1.82) is 0 Å². The smallest absolute Gasteiger partial charge is 0.266 e. The second kappa shape index (κ2) is 7.87. The van der Waals surface area contributed by atoms with Crippen molar-refractivity contribution in [1.82, 2.24) is 9.78 Å². The number of carbonyl (C=O) groups is 1. The molecule has 3 rings (SSSR count). The van der Waals surface area contributed by atoms with Crippen LogP contribution in [0.4, 0.5) is 5.82 Å². The maximum atomic E-state index is 12.5. The molecule has 5 heteroatoms. The largest absolute Gasteiger partial charge is 0.481 e. The summed E-state index contributed by atoms with van der Waals surface area (Å²) < 4.78 is 7.61. The Bertz CT molecular complexity index is 887.